The summed E-state index contributed by atoms with van der Waals surface area (Å²) in [7, 11) is 2.33. The second-order valence-electron chi connectivity index (χ2n) is 6.18. The standard InChI is InChI=1S/C14H28N2/c1-4-14(2)11-16(3)13(10-15-14)12-8-6-5-7-9-12/h12-13,15H,4-11H2,1-3H3. The van der Waals surface area contributed by atoms with Gasteiger partial charge in [-0.25, -0.2) is 0 Å². The van der Waals surface area contributed by atoms with E-state index in [1.165, 1.54) is 51.6 Å². The highest BCUT2D eigenvalue weighted by Crippen LogP contribution is 2.31. The van der Waals surface area contributed by atoms with Crippen molar-refractivity contribution in [3.05, 3.63) is 0 Å². The molecule has 0 spiro atoms. The van der Waals surface area contributed by atoms with E-state index in [0.717, 1.165) is 12.0 Å². The molecule has 2 nitrogen and oxygen atoms in total. The van der Waals surface area contributed by atoms with Gasteiger partial charge in [0.05, 0.1) is 0 Å². The quantitative estimate of drug-likeness (QED) is 0.776. The molecule has 0 amide bonds. The summed E-state index contributed by atoms with van der Waals surface area (Å²) in [6.07, 6.45) is 8.53. The lowest BCUT2D eigenvalue weighted by Gasteiger charge is -2.47. The molecule has 2 unspecified atom stereocenters. The second-order valence-corrected chi connectivity index (χ2v) is 6.18. The molecule has 2 aliphatic rings. The Morgan fingerprint density at radius 1 is 1.25 bits per heavy atom. The van der Waals surface area contributed by atoms with E-state index in [4.69, 9.17) is 0 Å². The average Bonchev–Trinajstić information content (AvgIpc) is 2.30. The molecule has 0 aromatic rings. The van der Waals surface area contributed by atoms with Gasteiger partial charge in [0.15, 0.2) is 0 Å². The Hall–Kier alpha value is -0.0800. The molecule has 2 atom stereocenters. The Labute approximate surface area is 101 Å². The van der Waals surface area contributed by atoms with Crippen LogP contribution in [0.25, 0.3) is 0 Å². The van der Waals surface area contributed by atoms with Gasteiger partial charge in [-0.15, -0.1) is 0 Å². The van der Waals surface area contributed by atoms with Crippen LogP contribution in [-0.4, -0.2) is 36.6 Å². The molecule has 0 aromatic heterocycles. The highest BCUT2D eigenvalue weighted by molar-refractivity contribution is 4.95. The lowest BCUT2D eigenvalue weighted by molar-refractivity contribution is 0.0616. The predicted octanol–water partition coefficient (Wildman–Crippen LogP) is 2.64. The third kappa shape index (κ3) is 2.60. The number of piperazine rings is 1. The zero-order valence-electron chi connectivity index (χ0n) is 11.3. The van der Waals surface area contributed by atoms with Gasteiger partial charge in [0.1, 0.15) is 0 Å². The maximum absolute atomic E-state index is 3.78. The summed E-state index contributed by atoms with van der Waals surface area (Å²) in [6, 6.07) is 0.792. The monoisotopic (exact) mass is 224 g/mol. The van der Waals surface area contributed by atoms with Gasteiger partial charge in [-0.3, -0.25) is 0 Å². The van der Waals surface area contributed by atoms with Crippen molar-refractivity contribution in [3.8, 4) is 0 Å². The summed E-state index contributed by atoms with van der Waals surface area (Å²) in [6.45, 7) is 7.07. The number of likely N-dealkylation sites (N-methyl/N-ethyl adjacent to an activating group) is 1. The second kappa shape index (κ2) is 5.05. The fourth-order valence-corrected chi connectivity index (χ4v) is 3.51. The third-order valence-corrected chi connectivity index (χ3v) is 4.88. The van der Waals surface area contributed by atoms with Crippen molar-refractivity contribution in [2.24, 2.45) is 5.92 Å². The number of hydrogen-bond acceptors (Lipinski definition) is 2. The lowest BCUT2D eigenvalue weighted by Crippen LogP contribution is -2.63. The number of nitrogens with one attached hydrogen (secondary N) is 1. The van der Waals surface area contributed by atoms with Crippen LogP contribution in [0, 0.1) is 5.92 Å². The molecule has 1 saturated carbocycles. The fourth-order valence-electron chi connectivity index (χ4n) is 3.51. The lowest BCUT2D eigenvalue weighted by atomic mass is 9.81. The third-order valence-electron chi connectivity index (χ3n) is 4.88. The topological polar surface area (TPSA) is 15.3 Å². The average molecular weight is 224 g/mol. The van der Waals surface area contributed by atoms with E-state index >= 15 is 0 Å². The molecule has 16 heavy (non-hydrogen) atoms. The Morgan fingerprint density at radius 2 is 1.94 bits per heavy atom. The van der Waals surface area contributed by atoms with Crippen LogP contribution >= 0.6 is 0 Å². The van der Waals surface area contributed by atoms with Crippen molar-refractivity contribution in [2.45, 2.75) is 64.0 Å². The van der Waals surface area contributed by atoms with Crippen molar-refractivity contribution >= 4 is 0 Å². The summed E-state index contributed by atoms with van der Waals surface area (Å²) >= 11 is 0. The highest BCUT2D eigenvalue weighted by Gasteiger charge is 2.36. The maximum atomic E-state index is 3.78. The van der Waals surface area contributed by atoms with E-state index in [1.54, 1.807) is 0 Å². The molecule has 1 aliphatic carbocycles. The van der Waals surface area contributed by atoms with Crippen LogP contribution in [0.2, 0.25) is 0 Å². The van der Waals surface area contributed by atoms with Gasteiger partial charge in [0, 0.05) is 24.7 Å². The van der Waals surface area contributed by atoms with E-state index in [9.17, 15) is 0 Å². The van der Waals surface area contributed by atoms with E-state index in [-0.39, 0.29) is 0 Å². The van der Waals surface area contributed by atoms with Crippen LogP contribution in [0.3, 0.4) is 0 Å². The zero-order chi connectivity index (χ0) is 11.6. The molecule has 1 aliphatic heterocycles. The Balaban J connectivity index is 1.92. The van der Waals surface area contributed by atoms with Gasteiger partial charge < -0.3 is 10.2 Å². The number of nitrogens with zero attached hydrogens (tertiary/aromatic N) is 1. The van der Waals surface area contributed by atoms with Crippen LogP contribution in [-0.2, 0) is 0 Å². The molecule has 2 rings (SSSR count). The van der Waals surface area contributed by atoms with Gasteiger partial charge in [-0.1, -0.05) is 26.2 Å². The van der Waals surface area contributed by atoms with Crippen molar-refractivity contribution in [2.75, 3.05) is 20.1 Å². The van der Waals surface area contributed by atoms with Crippen molar-refractivity contribution in [1.29, 1.82) is 0 Å². The summed E-state index contributed by atoms with van der Waals surface area (Å²) in [5, 5.41) is 3.78. The van der Waals surface area contributed by atoms with E-state index < -0.39 is 0 Å². The minimum Gasteiger partial charge on any atom is -0.309 e. The van der Waals surface area contributed by atoms with Crippen molar-refractivity contribution in [3.63, 3.8) is 0 Å². The Kier molecular flexibility index (Phi) is 3.91. The molecular weight excluding hydrogens is 196 g/mol. The molecule has 1 N–H and O–H groups in total. The maximum Gasteiger partial charge on any atom is 0.0278 e. The molecule has 2 fully saturated rings. The largest absolute Gasteiger partial charge is 0.309 e. The highest BCUT2D eigenvalue weighted by atomic mass is 15.2. The van der Waals surface area contributed by atoms with Crippen LogP contribution in [0.4, 0.5) is 0 Å². The van der Waals surface area contributed by atoms with Gasteiger partial charge in [0.25, 0.3) is 0 Å². The van der Waals surface area contributed by atoms with Crippen LogP contribution in [0.5, 0.6) is 0 Å². The molecule has 1 heterocycles. The number of hydrogen-bond donors (Lipinski definition) is 1. The molecular formula is C14H28N2. The van der Waals surface area contributed by atoms with Crippen molar-refractivity contribution < 1.29 is 0 Å². The van der Waals surface area contributed by atoms with Crippen LogP contribution < -0.4 is 5.32 Å². The summed E-state index contributed by atoms with van der Waals surface area (Å²) in [5.74, 6) is 0.952. The first-order chi connectivity index (χ1) is 7.64. The Morgan fingerprint density at radius 3 is 2.50 bits per heavy atom. The molecule has 1 saturated heterocycles. The van der Waals surface area contributed by atoms with Gasteiger partial charge >= 0.3 is 0 Å². The van der Waals surface area contributed by atoms with Gasteiger partial charge in [0.2, 0.25) is 0 Å². The SMILES string of the molecule is CCC1(C)CN(C)C(C2CCCCC2)CN1. The van der Waals surface area contributed by atoms with Crippen LogP contribution in [0.1, 0.15) is 52.4 Å². The summed E-state index contributed by atoms with van der Waals surface area (Å²) < 4.78 is 0. The number of rotatable bonds is 2. The molecule has 2 heteroatoms. The Bertz CT molecular complexity index is 223. The van der Waals surface area contributed by atoms with E-state index in [2.05, 4.69) is 31.1 Å². The van der Waals surface area contributed by atoms with Gasteiger partial charge in [-0.05, 0) is 39.2 Å². The van der Waals surface area contributed by atoms with Gasteiger partial charge in [-0.2, -0.15) is 0 Å². The van der Waals surface area contributed by atoms with Crippen LogP contribution in [0.15, 0.2) is 0 Å². The first kappa shape index (κ1) is 12.4. The normalized spacial score (nSPS) is 38.8. The molecule has 0 bridgehead atoms. The van der Waals surface area contributed by atoms with Crippen molar-refractivity contribution in [1.82, 2.24) is 10.2 Å². The summed E-state index contributed by atoms with van der Waals surface area (Å²) in [5.41, 5.74) is 0.347. The molecule has 0 radical (unpaired) electrons. The smallest absolute Gasteiger partial charge is 0.0278 e. The zero-order valence-corrected chi connectivity index (χ0v) is 11.3. The van der Waals surface area contributed by atoms with E-state index in [0.29, 0.717) is 5.54 Å². The minimum atomic E-state index is 0.347. The first-order valence-corrected chi connectivity index (χ1v) is 7.10. The first-order valence-electron chi connectivity index (χ1n) is 7.10. The molecule has 94 valence electrons. The summed E-state index contributed by atoms with van der Waals surface area (Å²) in [4.78, 5) is 2.62. The van der Waals surface area contributed by atoms with E-state index in [1.807, 2.05) is 0 Å². The predicted molar refractivity (Wildman–Crippen MR) is 69.7 cm³/mol. The minimum absolute atomic E-state index is 0.347. The molecule has 0 aromatic carbocycles. The fraction of sp³-hybridized carbons (Fsp3) is 1.00.